The van der Waals surface area contributed by atoms with Crippen LogP contribution in [0.3, 0.4) is 0 Å². The zero-order chi connectivity index (χ0) is 47.9. The Morgan fingerprint density at radius 2 is 1.69 bits per heavy atom. The highest BCUT2D eigenvalue weighted by atomic mass is 32.2. The average Bonchev–Trinajstić information content (AvgIpc) is 3.80. The van der Waals surface area contributed by atoms with Crippen molar-refractivity contribution in [3.05, 3.63) is 72.6 Å². The molecule has 2 amide bonds. The second kappa shape index (κ2) is 21.7. The van der Waals surface area contributed by atoms with Gasteiger partial charge in [0.25, 0.3) is 0 Å². The minimum atomic E-state index is -5.60. The molecule has 5 rings (SSSR count). The van der Waals surface area contributed by atoms with E-state index >= 15 is 0 Å². The van der Waals surface area contributed by atoms with E-state index in [0.717, 1.165) is 29.0 Å². The Bertz CT molecular complexity index is 2490. The van der Waals surface area contributed by atoms with Crippen LogP contribution in [0.1, 0.15) is 44.9 Å². The molecule has 1 saturated heterocycles. The number of imidazole rings is 1. The van der Waals surface area contributed by atoms with Gasteiger partial charge in [-0.15, -0.1) is 0 Å². The summed E-state index contributed by atoms with van der Waals surface area (Å²) in [6.45, 7) is 1.91. The fraction of sp³-hybridized carbons (Fsp3) is 0.444. The number of nitrogen functional groups attached to an aromatic ring is 1. The van der Waals surface area contributed by atoms with Crippen LogP contribution in [0.25, 0.3) is 22.3 Å². The number of rotatable bonds is 22. The smallest absolute Gasteiger partial charge is 0.386 e. The van der Waals surface area contributed by atoms with Crippen LogP contribution in [0.2, 0.25) is 0 Å². The monoisotopic (exact) mass is 993 g/mol. The van der Waals surface area contributed by atoms with Crippen LogP contribution < -0.4 is 16.4 Å². The molecule has 1 fully saturated rings. The van der Waals surface area contributed by atoms with Crippen molar-refractivity contribution in [3.8, 4) is 11.1 Å². The van der Waals surface area contributed by atoms with Gasteiger partial charge in [0.15, 0.2) is 22.8 Å². The maximum atomic E-state index is 14.8. The van der Waals surface area contributed by atoms with Crippen molar-refractivity contribution in [2.45, 2.75) is 63.8 Å². The molecule has 1 aliphatic heterocycles. The minimum Gasteiger partial charge on any atom is -0.386 e. The van der Waals surface area contributed by atoms with E-state index in [0.29, 0.717) is 16.7 Å². The van der Waals surface area contributed by atoms with Gasteiger partial charge >= 0.3 is 23.5 Å². The molecule has 2 aromatic heterocycles. The number of phosphoric ester groups is 3. The number of nitrogens with zero attached hydrogens (tertiary/aromatic N) is 4. The first-order valence-corrected chi connectivity index (χ1v) is 24.8. The minimum absolute atomic E-state index is 0.0210. The van der Waals surface area contributed by atoms with Gasteiger partial charge in [-0.05, 0) is 17.2 Å². The number of aliphatic hydroxyl groups excluding tert-OH is 2. The molecule has 10 N–H and O–H groups in total. The number of benzene rings is 2. The molecule has 0 saturated carbocycles. The third-order valence-electron chi connectivity index (χ3n) is 9.68. The van der Waals surface area contributed by atoms with Gasteiger partial charge in [0.05, 0.1) is 25.5 Å². The molecule has 24 nitrogen and oxygen atoms in total. The largest absolute Gasteiger partial charge is 0.481 e. The van der Waals surface area contributed by atoms with E-state index in [1.807, 2.05) is 6.07 Å². The number of fused-ring (bicyclic) bond motifs is 1. The number of hydrogen-bond acceptors (Lipinski definition) is 18. The van der Waals surface area contributed by atoms with E-state index in [1.165, 1.54) is 19.9 Å². The van der Waals surface area contributed by atoms with Gasteiger partial charge in [-0.2, -0.15) is 4.31 Å². The molecule has 3 heterocycles. The summed E-state index contributed by atoms with van der Waals surface area (Å²) in [7, 11) is -16.5. The van der Waals surface area contributed by atoms with Crippen molar-refractivity contribution < 1.29 is 84.9 Å². The Kier molecular flexibility index (Phi) is 17.3. The molecule has 8 atom stereocenters. The van der Waals surface area contributed by atoms with Crippen molar-refractivity contribution in [1.82, 2.24) is 30.2 Å². The van der Waals surface area contributed by atoms with Gasteiger partial charge < -0.3 is 50.9 Å². The zero-order valence-corrected chi connectivity index (χ0v) is 38.1. The molecule has 0 bridgehead atoms. The average molecular weight is 994 g/mol. The molecule has 29 heteroatoms. The number of ether oxygens (including phenoxy) is 1. The highest BCUT2D eigenvalue weighted by molar-refractivity contribution is 8.13. The maximum absolute atomic E-state index is 14.8. The molecule has 4 aromatic rings. The van der Waals surface area contributed by atoms with Gasteiger partial charge in [0.1, 0.15) is 42.1 Å². The number of aliphatic hydroxyl groups is 2. The summed E-state index contributed by atoms with van der Waals surface area (Å²) in [4.78, 5) is 88.9. The van der Waals surface area contributed by atoms with E-state index in [1.54, 1.807) is 43.3 Å². The number of phosphoric acid groups is 3. The number of carbonyl (C=O) groups excluding carboxylic acids is 3. The molecule has 65 heavy (non-hydrogen) atoms. The van der Waals surface area contributed by atoms with Crippen molar-refractivity contribution in [2.75, 3.05) is 37.8 Å². The highest BCUT2D eigenvalue weighted by Gasteiger charge is 2.50. The van der Waals surface area contributed by atoms with Crippen molar-refractivity contribution in [3.63, 3.8) is 0 Å². The quantitative estimate of drug-likeness (QED) is 0.0403. The fourth-order valence-electron chi connectivity index (χ4n) is 6.20. The van der Waals surface area contributed by atoms with Crippen LogP contribution in [0.4, 0.5) is 10.2 Å². The lowest BCUT2D eigenvalue weighted by molar-refractivity contribution is -0.137. The first kappa shape index (κ1) is 51.9. The summed E-state index contributed by atoms with van der Waals surface area (Å²) >= 11 is 0.957. The number of halogens is 1. The predicted molar refractivity (Wildman–Crippen MR) is 227 cm³/mol. The second-order valence-electron chi connectivity index (χ2n) is 15.1. The first-order chi connectivity index (χ1) is 30.4. The molecule has 356 valence electrons. The third-order valence-corrected chi connectivity index (χ3v) is 13.8. The lowest BCUT2D eigenvalue weighted by Crippen LogP contribution is -2.46. The molecule has 3 unspecified atom stereocenters. The topological polar surface area (TPSA) is 364 Å². The van der Waals surface area contributed by atoms with Crippen LogP contribution in [0.5, 0.6) is 0 Å². The van der Waals surface area contributed by atoms with Crippen LogP contribution in [-0.4, -0.2) is 123 Å². The number of anilines is 1. The van der Waals surface area contributed by atoms with E-state index in [2.05, 4.69) is 34.4 Å². The molecular formula is C36H47FN7O17P3S. The Labute approximate surface area is 373 Å². The Hall–Kier alpha value is -4.07. The van der Waals surface area contributed by atoms with Crippen LogP contribution in [0.15, 0.2) is 61.2 Å². The fourth-order valence-corrected chi connectivity index (χ4v) is 9.82. The van der Waals surface area contributed by atoms with E-state index in [4.69, 9.17) is 19.5 Å². The molecule has 1 aliphatic rings. The number of thioether (sulfide) groups is 1. The van der Waals surface area contributed by atoms with E-state index in [-0.39, 0.29) is 47.4 Å². The van der Waals surface area contributed by atoms with Crippen molar-refractivity contribution in [1.29, 1.82) is 0 Å². The van der Waals surface area contributed by atoms with Gasteiger partial charge in [0, 0.05) is 36.2 Å². The number of carbonyl (C=O) groups is 3. The number of nitrogens with two attached hydrogens (primary N) is 1. The molecule has 0 radical (unpaired) electrons. The van der Waals surface area contributed by atoms with E-state index < -0.39 is 96.3 Å². The normalized spacial score (nSPS) is 20.7. The third kappa shape index (κ3) is 14.2. The van der Waals surface area contributed by atoms with E-state index in [9.17, 15) is 62.3 Å². The van der Waals surface area contributed by atoms with Gasteiger partial charge in [0.2, 0.25) is 11.8 Å². The molecule has 0 spiro atoms. The van der Waals surface area contributed by atoms with Crippen LogP contribution in [0, 0.1) is 11.2 Å². The van der Waals surface area contributed by atoms with Gasteiger partial charge in [-0.1, -0.05) is 75.0 Å². The lowest BCUT2D eigenvalue weighted by Gasteiger charge is -2.30. The highest BCUT2D eigenvalue weighted by Crippen LogP contribution is 2.61. The molecular weight excluding hydrogens is 946 g/mol. The molecule has 0 aliphatic carbocycles. The predicted octanol–water partition coefficient (Wildman–Crippen LogP) is 2.27. The summed E-state index contributed by atoms with van der Waals surface area (Å²) in [5, 5.41) is 26.3. The summed E-state index contributed by atoms with van der Waals surface area (Å²) in [5.41, 5.74) is 5.83. The Balaban J connectivity index is 1.02. The SMILES string of the molecule is CC(C(=O)SCCNC(=O)CCNC(=O)[C@H](O)C(C)(C)COP(=O)(O)OP(=O)(O)OC[C@H]1O[C@@H](n2cnc3c(N)ncnc32)[C@H](O)[C@@H]1OP(=O)(O)O)c1ccc(-c2ccccc2)c(F)c1. The zero-order valence-electron chi connectivity index (χ0n) is 34.6. The molecule has 2 aromatic carbocycles. The van der Waals surface area contributed by atoms with Crippen molar-refractivity contribution >= 4 is 69.1 Å². The maximum Gasteiger partial charge on any atom is 0.481 e. The first-order valence-electron chi connectivity index (χ1n) is 19.3. The summed E-state index contributed by atoms with van der Waals surface area (Å²) in [6, 6.07) is 13.6. The lowest BCUT2D eigenvalue weighted by atomic mass is 9.87. The number of nitrogens with one attached hydrogen (secondary N) is 2. The number of amides is 2. The number of aromatic nitrogens is 4. The summed E-state index contributed by atoms with van der Waals surface area (Å²) in [5.74, 6) is -2.43. The number of hydrogen-bond donors (Lipinski definition) is 9. The Morgan fingerprint density at radius 3 is 2.37 bits per heavy atom. The Morgan fingerprint density at radius 1 is 1.00 bits per heavy atom. The standard InChI is InChI=1S/C36H47FN7O17P3S/c1-20(22-9-10-23(24(37)15-22)21-7-5-4-6-8-21)35(49)65-14-13-39-26(45)11-12-40-33(48)30(47)36(2,3)17-58-64(55,56)61-63(53,54)57-16-25-29(60-62(50,51)52)28(46)34(59-25)44-19-43-27-31(38)41-18-42-32(27)44/h4-10,15,18-20,25,28-30,34,46-47H,11-14,16-17H2,1-3H3,(H,39,45)(H,40,48)(H,53,54)(H,55,56)(H2,38,41,42)(H2,50,51,52)/t20?,25-,28-,29-,30+,34-/m1/s1. The van der Waals surface area contributed by atoms with Gasteiger partial charge in [-0.25, -0.2) is 33.0 Å². The van der Waals surface area contributed by atoms with Crippen molar-refractivity contribution in [2.24, 2.45) is 5.41 Å². The second-order valence-corrected chi connectivity index (χ2v) is 20.4. The van der Waals surface area contributed by atoms with Crippen LogP contribution >= 0.6 is 35.2 Å². The summed E-state index contributed by atoms with van der Waals surface area (Å²) < 4.78 is 77.2. The van der Waals surface area contributed by atoms with Gasteiger partial charge in [-0.3, -0.25) is 32.5 Å². The van der Waals surface area contributed by atoms with Crippen LogP contribution in [-0.2, 0) is 50.7 Å². The summed E-state index contributed by atoms with van der Waals surface area (Å²) in [6.07, 6.45) is -7.09.